The number of anilines is 1. The smallest absolute Gasteiger partial charge is 0.338 e. The van der Waals surface area contributed by atoms with Crippen molar-refractivity contribution in [2.24, 2.45) is 0 Å². The molecule has 0 atom stereocenters. The Morgan fingerprint density at radius 3 is 2.82 bits per heavy atom. The molecule has 114 valence electrons. The van der Waals surface area contributed by atoms with Crippen LogP contribution in [0, 0.1) is 10.1 Å². The van der Waals surface area contributed by atoms with E-state index in [1.165, 1.54) is 18.2 Å². The zero-order chi connectivity index (χ0) is 15.9. The zero-order valence-corrected chi connectivity index (χ0v) is 12.1. The van der Waals surface area contributed by atoms with Crippen LogP contribution in [-0.2, 0) is 4.74 Å². The highest BCUT2D eigenvalue weighted by Crippen LogP contribution is 2.12. The highest BCUT2D eigenvalue weighted by Gasteiger charge is 2.07. The first-order chi connectivity index (χ1) is 10.6. The lowest BCUT2D eigenvalue weighted by molar-refractivity contribution is -0.385. The zero-order valence-electron chi connectivity index (χ0n) is 11.4. The van der Waals surface area contributed by atoms with Crippen molar-refractivity contribution in [1.82, 2.24) is 4.98 Å². The maximum absolute atomic E-state index is 11.7. The number of benzene rings is 1. The van der Waals surface area contributed by atoms with Crippen molar-refractivity contribution < 1.29 is 14.5 Å². The fourth-order valence-electron chi connectivity index (χ4n) is 1.62. The highest BCUT2D eigenvalue weighted by molar-refractivity contribution is 6.30. The van der Waals surface area contributed by atoms with E-state index in [0.717, 1.165) is 6.20 Å². The first-order valence-electron chi connectivity index (χ1n) is 6.33. The maximum Gasteiger partial charge on any atom is 0.338 e. The lowest BCUT2D eigenvalue weighted by Crippen LogP contribution is -2.14. The van der Waals surface area contributed by atoms with Crippen LogP contribution in [0.2, 0.25) is 5.02 Å². The second kappa shape index (κ2) is 7.37. The summed E-state index contributed by atoms with van der Waals surface area (Å²) in [5.41, 5.74) is 0.291. The lowest BCUT2D eigenvalue weighted by Gasteiger charge is -2.07. The fourth-order valence-corrected chi connectivity index (χ4v) is 1.81. The van der Waals surface area contributed by atoms with E-state index in [4.69, 9.17) is 16.3 Å². The molecule has 0 unspecified atom stereocenters. The molecule has 0 fully saturated rings. The van der Waals surface area contributed by atoms with E-state index < -0.39 is 10.9 Å². The van der Waals surface area contributed by atoms with E-state index in [2.05, 4.69) is 10.3 Å². The van der Waals surface area contributed by atoms with E-state index in [-0.39, 0.29) is 12.3 Å². The third-order valence-electron chi connectivity index (χ3n) is 2.66. The van der Waals surface area contributed by atoms with Crippen LogP contribution in [0.15, 0.2) is 42.6 Å². The van der Waals surface area contributed by atoms with E-state index in [0.29, 0.717) is 22.9 Å². The Kier molecular flexibility index (Phi) is 5.26. The molecule has 7 nitrogen and oxygen atoms in total. The fraction of sp³-hybridized carbons (Fsp3) is 0.143. The summed E-state index contributed by atoms with van der Waals surface area (Å²) in [7, 11) is 0. The molecule has 0 bridgehead atoms. The first-order valence-corrected chi connectivity index (χ1v) is 6.71. The van der Waals surface area contributed by atoms with Crippen LogP contribution in [-0.4, -0.2) is 29.0 Å². The minimum absolute atomic E-state index is 0.0852. The van der Waals surface area contributed by atoms with Gasteiger partial charge in [-0.2, -0.15) is 0 Å². The number of aromatic nitrogens is 1. The number of nitrogens with zero attached hydrogens (tertiary/aromatic N) is 2. The summed E-state index contributed by atoms with van der Waals surface area (Å²) in [4.78, 5) is 25.6. The molecule has 8 heteroatoms. The number of rotatable bonds is 6. The molecule has 1 aromatic carbocycles. The van der Waals surface area contributed by atoms with Gasteiger partial charge < -0.3 is 10.1 Å². The second-order valence-electron chi connectivity index (χ2n) is 4.23. The monoisotopic (exact) mass is 321 g/mol. The molecule has 0 saturated carbocycles. The number of hydrogen-bond donors (Lipinski definition) is 1. The summed E-state index contributed by atoms with van der Waals surface area (Å²) in [6, 6.07) is 9.29. The Balaban J connectivity index is 1.77. The lowest BCUT2D eigenvalue weighted by atomic mass is 10.2. The van der Waals surface area contributed by atoms with Crippen LogP contribution in [0.3, 0.4) is 0 Å². The quantitative estimate of drug-likeness (QED) is 0.380. The van der Waals surface area contributed by atoms with Crippen LogP contribution >= 0.6 is 11.6 Å². The van der Waals surface area contributed by atoms with Crippen molar-refractivity contribution in [2.45, 2.75) is 0 Å². The third kappa shape index (κ3) is 4.42. The molecule has 0 saturated heterocycles. The minimum Gasteiger partial charge on any atom is -0.460 e. The Morgan fingerprint density at radius 1 is 1.36 bits per heavy atom. The van der Waals surface area contributed by atoms with Gasteiger partial charge in [0.1, 0.15) is 18.6 Å². The van der Waals surface area contributed by atoms with Crippen molar-refractivity contribution >= 4 is 29.1 Å². The average Bonchev–Trinajstić information content (AvgIpc) is 2.51. The van der Waals surface area contributed by atoms with Gasteiger partial charge in [0.25, 0.3) is 5.69 Å². The van der Waals surface area contributed by atoms with Crippen molar-refractivity contribution in [2.75, 3.05) is 18.5 Å². The van der Waals surface area contributed by atoms with Gasteiger partial charge in [0, 0.05) is 11.1 Å². The number of ether oxygens (including phenoxy) is 1. The first kappa shape index (κ1) is 15.7. The van der Waals surface area contributed by atoms with E-state index in [1.54, 1.807) is 18.2 Å². The van der Waals surface area contributed by atoms with Crippen molar-refractivity contribution in [3.8, 4) is 0 Å². The van der Waals surface area contributed by atoms with Crippen LogP contribution in [0.5, 0.6) is 0 Å². The molecule has 0 aliphatic carbocycles. The molecular formula is C14H12ClN3O4. The number of nitrogens with one attached hydrogen (secondary N) is 1. The minimum atomic E-state index is -0.524. The van der Waals surface area contributed by atoms with E-state index in [1.807, 2.05) is 0 Å². The highest BCUT2D eigenvalue weighted by atomic mass is 35.5. The number of carbonyl (C=O) groups excluding carboxylic acids is 1. The van der Waals surface area contributed by atoms with E-state index >= 15 is 0 Å². The predicted octanol–water partition coefficient (Wildman–Crippen LogP) is 2.91. The number of carbonyl (C=O) groups is 1. The molecule has 0 aliphatic heterocycles. The van der Waals surface area contributed by atoms with Crippen molar-refractivity contribution in [1.29, 1.82) is 0 Å². The normalized spacial score (nSPS) is 10.0. The summed E-state index contributed by atoms with van der Waals surface area (Å²) in [5.74, 6) is -0.00892. The van der Waals surface area contributed by atoms with Gasteiger partial charge in [-0.3, -0.25) is 10.1 Å². The molecule has 0 amide bonds. The summed E-state index contributed by atoms with van der Waals surface area (Å²) >= 11 is 5.79. The van der Waals surface area contributed by atoms with Crippen LogP contribution in [0.1, 0.15) is 10.4 Å². The van der Waals surface area contributed by atoms with Gasteiger partial charge in [0.05, 0.1) is 17.0 Å². The molecular weight excluding hydrogens is 310 g/mol. The average molecular weight is 322 g/mol. The Morgan fingerprint density at radius 2 is 2.18 bits per heavy atom. The number of halogens is 1. The van der Waals surface area contributed by atoms with Gasteiger partial charge in [-0.05, 0) is 24.3 Å². The molecule has 22 heavy (non-hydrogen) atoms. The summed E-state index contributed by atoms with van der Waals surface area (Å²) in [6.07, 6.45) is 1.15. The molecule has 1 aromatic heterocycles. The summed E-state index contributed by atoms with van der Waals surface area (Å²) < 4.78 is 5.07. The van der Waals surface area contributed by atoms with Crippen LogP contribution < -0.4 is 5.32 Å². The molecule has 1 heterocycles. The van der Waals surface area contributed by atoms with Crippen molar-refractivity contribution in [3.63, 3.8) is 0 Å². The molecule has 0 radical (unpaired) electrons. The van der Waals surface area contributed by atoms with Gasteiger partial charge in [-0.15, -0.1) is 0 Å². The SMILES string of the molecule is O=C(OCCNc1ccc([N+](=O)[O-])cn1)c1cccc(Cl)c1. The van der Waals surface area contributed by atoms with Gasteiger partial charge in [-0.25, -0.2) is 9.78 Å². The van der Waals surface area contributed by atoms with Gasteiger partial charge in [0.2, 0.25) is 0 Å². The molecule has 2 aromatic rings. The Bertz CT molecular complexity index is 676. The molecule has 2 rings (SSSR count). The molecule has 0 spiro atoms. The number of esters is 1. The standard InChI is InChI=1S/C14H12ClN3O4/c15-11-3-1-2-10(8-11)14(19)22-7-6-16-13-5-4-12(9-17-13)18(20)21/h1-5,8-9H,6-7H2,(H,16,17). The van der Waals surface area contributed by atoms with Crippen LogP contribution in [0.25, 0.3) is 0 Å². The van der Waals surface area contributed by atoms with Gasteiger partial charge in [-0.1, -0.05) is 17.7 Å². The Hall–Kier alpha value is -2.67. The second-order valence-corrected chi connectivity index (χ2v) is 4.67. The molecule has 0 aliphatic rings. The number of pyridine rings is 1. The largest absolute Gasteiger partial charge is 0.460 e. The van der Waals surface area contributed by atoms with Gasteiger partial charge >= 0.3 is 5.97 Å². The number of hydrogen-bond acceptors (Lipinski definition) is 6. The van der Waals surface area contributed by atoms with Crippen molar-refractivity contribution in [3.05, 3.63) is 63.3 Å². The third-order valence-corrected chi connectivity index (χ3v) is 2.90. The Labute approximate surface area is 131 Å². The molecule has 1 N–H and O–H groups in total. The summed E-state index contributed by atoms with van der Waals surface area (Å²) in [6.45, 7) is 0.459. The maximum atomic E-state index is 11.7. The topological polar surface area (TPSA) is 94.4 Å². The summed E-state index contributed by atoms with van der Waals surface area (Å²) in [5, 5.41) is 13.8. The number of nitro groups is 1. The van der Waals surface area contributed by atoms with Crippen LogP contribution in [0.4, 0.5) is 11.5 Å². The van der Waals surface area contributed by atoms with E-state index in [9.17, 15) is 14.9 Å². The predicted molar refractivity (Wildman–Crippen MR) is 81.1 cm³/mol. The van der Waals surface area contributed by atoms with Gasteiger partial charge in [0.15, 0.2) is 0 Å².